The first-order valence-corrected chi connectivity index (χ1v) is 11.4. The van der Waals surface area contributed by atoms with Gasteiger partial charge in [0.1, 0.15) is 5.76 Å². The quantitative estimate of drug-likeness (QED) is 0.318. The Morgan fingerprint density at radius 1 is 1.22 bits per heavy atom. The van der Waals surface area contributed by atoms with Crippen molar-refractivity contribution in [3.63, 3.8) is 0 Å². The average Bonchev–Trinajstić information content (AvgIpc) is 3.42. The van der Waals surface area contributed by atoms with Gasteiger partial charge in [0.05, 0.1) is 32.8 Å². The number of anilines is 1. The van der Waals surface area contributed by atoms with Gasteiger partial charge < -0.3 is 4.42 Å². The number of carbonyl (C=O) groups is 1. The van der Waals surface area contributed by atoms with Gasteiger partial charge in [-0.2, -0.15) is 4.31 Å². The SMILES string of the molecule is CN(Cc1ccco1)S(=O)(=O)c1ccc(C(=O)Nc2nc3ccc([N+](=O)[O-])cc3s2)cc1. The van der Waals surface area contributed by atoms with Crippen LogP contribution in [0.3, 0.4) is 0 Å². The van der Waals surface area contributed by atoms with Crippen LogP contribution in [0, 0.1) is 10.1 Å². The molecule has 32 heavy (non-hydrogen) atoms. The molecule has 0 saturated heterocycles. The number of aromatic nitrogens is 1. The number of nitro groups is 1. The lowest BCUT2D eigenvalue weighted by atomic mass is 10.2. The minimum absolute atomic E-state index is 0.0374. The first-order chi connectivity index (χ1) is 15.2. The highest BCUT2D eigenvalue weighted by molar-refractivity contribution is 7.89. The van der Waals surface area contributed by atoms with Crippen molar-refractivity contribution in [1.29, 1.82) is 0 Å². The van der Waals surface area contributed by atoms with Gasteiger partial charge in [0.15, 0.2) is 5.13 Å². The molecule has 4 aromatic rings. The summed E-state index contributed by atoms with van der Waals surface area (Å²) in [5, 5.41) is 13.8. The van der Waals surface area contributed by atoms with E-state index in [-0.39, 0.29) is 27.8 Å². The summed E-state index contributed by atoms with van der Waals surface area (Å²) in [4.78, 5) is 27.2. The number of carbonyl (C=O) groups excluding carboxylic acids is 1. The highest BCUT2D eigenvalue weighted by Gasteiger charge is 2.22. The summed E-state index contributed by atoms with van der Waals surface area (Å²) in [7, 11) is -2.33. The van der Waals surface area contributed by atoms with Crippen LogP contribution in [0.25, 0.3) is 10.2 Å². The lowest BCUT2D eigenvalue weighted by Crippen LogP contribution is -2.26. The molecule has 0 unspecified atom stereocenters. The summed E-state index contributed by atoms with van der Waals surface area (Å²) in [6, 6.07) is 13.1. The van der Waals surface area contributed by atoms with Crippen molar-refractivity contribution in [3.8, 4) is 0 Å². The molecule has 2 aromatic carbocycles. The lowest BCUT2D eigenvalue weighted by Gasteiger charge is -2.16. The molecule has 0 spiro atoms. The van der Waals surface area contributed by atoms with E-state index in [0.717, 1.165) is 15.6 Å². The highest BCUT2D eigenvalue weighted by Crippen LogP contribution is 2.29. The molecule has 1 N–H and O–H groups in total. The van der Waals surface area contributed by atoms with Crippen LogP contribution in [0.2, 0.25) is 0 Å². The smallest absolute Gasteiger partial charge is 0.270 e. The van der Waals surface area contributed by atoms with Crippen molar-refractivity contribution in [3.05, 3.63) is 82.3 Å². The molecule has 0 bridgehead atoms. The van der Waals surface area contributed by atoms with Gasteiger partial charge in [-0.15, -0.1) is 0 Å². The Kier molecular flexibility index (Phi) is 5.74. The van der Waals surface area contributed by atoms with Crippen LogP contribution in [0.5, 0.6) is 0 Å². The Morgan fingerprint density at radius 3 is 2.62 bits per heavy atom. The number of fused-ring (bicyclic) bond motifs is 1. The van der Waals surface area contributed by atoms with Gasteiger partial charge in [0.2, 0.25) is 10.0 Å². The highest BCUT2D eigenvalue weighted by atomic mass is 32.2. The van der Waals surface area contributed by atoms with Crippen LogP contribution in [0.4, 0.5) is 10.8 Å². The minimum atomic E-state index is -3.77. The number of rotatable bonds is 7. The molecule has 12 heteroatoms. The second kappa shape index (κ2) is 8.49. The molecule has 2 aromatic heterocycles. The fourth-order valence-electron chi connectivity index (χ4n) is 2.91. The molecule has 0 aliphatic heterocycles. The maximum Gasteiger partial charge on any atom is 0.270 e. The summed E-state index contributed by atoms with van der Waals surface area (Å²) >= 11 is 1.11. The molecule has 0 atom stereocenters. The van der Waals surface area contributed by atoms with Crippen LogP contribution < -0.4 is 5.32 Å². The zero-order chi connectivity index (χ0) is 22.9. The van der Waals surface area contributed by atoms with Crippen LogP contribution in [0.15, 0.2) is 70.2 Å². The second-order valence-electron chi connectivity index (χ2n) is 6.75. The number of nitrogens with zero attached hydrogens (tertiary/aromatic N) is 3. The van der Waals surface area contributed by atoms with Crippen molar-refractivity contribution in [1.82, 2.24) is 9.29 Å². The van der Waals surface area contributed by atoms with Crippen LogP contribution in [-0.2, 0) is 16.6 Å². The maximum absolute atomic E-state index is 12.7. The minimum Gasteiger partial charge on any atom is -0.468 e. The monoisotopic (exact) mass is 472 g/mol. The molecule has 10 nitrogen and oxygen atoms in total. The fraction of sp³-hybridized carbons (Fsp3) is 0.100. The third-order valence-corrected chi connectivity index (χ3v) is 7.34. The summed E-state index contributed by atoms with van der Waals surface area (Å²) in [5.74, 6) is 0.0275. The topological polar surface area (TPSA) is 136 Å². The van der Waals surface area contributed by atoms with E-state index < -0.39 is 20.9 Å². The third-order valence-electron chi connectivity index (χ3n) is 4.59. The Balaban J connectivity index is 1.48. The molecule has 0 saturated carbocycles. The van der Waals surface area contributed by atoms with Gasteiger partial charge in [0, 0.05) is 24.7 Å². The van der Waals surface area contributed by atoms with Crippen LogP contribution >= 0.6 is 11.3 Å². The van der Waals surface area contributed by atoms with E-state index in [0.29, 0.717) is 16.0 Å². The van der Waals surface area contributed by atoms with E-state index in [1.54, 1.807) is 12.1 Å². The Bertz CT molecular complexity index is 1400. The van der Waals surface area contributed by atoms with Crippen molar-refractivity contribution in [2.75, 3.05) is 12.4 Å². The van der Waals surface area contributed by atoms with Gasteiger partial charge in [-0.25, -0.2) is 13.4 Å². The zero-order valence-electron chi connectivity index (χ0n) is 16.6. The number of furan rings is 1. The van der Waals surface area contributed by atoms with Crippen LogP contribution in [0.1, 0.15) is 16.1 Å². The molecular weight excluding hydrogens is 456 g/mol. The zero-order valence-corrected chi connectivity index (χ0v) is 18.2. The molecule has 1 amide bonds. The number of nitro benzene ring substituents is 1. The van der Waals surface area contributed by atoms with Crippen LogP contribution in [-0.4, -0.2) is 35.6 Å². The second-order valence-corrected chi connectivity index (χ2v) is 9.82. The number of benzene rings is 2. The van der Waals surface area contributed by atoms with E-state index >= 15 is 0 Å². The normalized spacial score (nSPS) is 11.7. The largest absolute Gasteiger partial charge is 0.468 e. The summed E-state index contributed by atoms with van der Waals surface area (Å²) in [6.45, 7) is 0.0767. The van der Waals surface area contributed by atoms with E-state index in [1.807, 2.05) is 0 Å². The molecule has 0 aliphatic carbocycles. The fourth-order valence-corrected chi connectivity index (χ4v) is 4.95. The number of thiazole rings is 1. The maximum atomic E-state index is 12.7. The van der Waals surface area contributed by atoms with E-state index in [2.05, 4.69) is 10.3 Å². The summed E-state index contributed by atoms with van der Waals surface area (Å²) < 4.78 is 32.4. The lowest BCUT2D eigenvalue weighted by molar-refractivity contribution is -0.384. The predicted octanol–water partition coefficient (Wildman–Crippen LogP) is 3.87. The number of hydrogen-bond donors (Lipinski definition) is 1. The van der Waals surface area contributed by atoms with E-state index in [4.69, 9.17) is 4.42 Å². The number of amides is 1. The molecule has 0 radical (unpaired) electrons. The first kappa shape index (κ1) is 21.6. The average molecular weight is 473 g/mol. The number of hydrogen-bond acceptors (Lipinski definition) is 8. The van der Waals surface area contributed by atoms with Gasteiger partial charge in [0.25, 0.3) is 11.6 Å². The molecule has 2 heterocycles. The Morgan fingerprint density at radius 2 is 1.97 bits per heavy atom. The molecular formula is C20H16N4O6S2. The van der Waals surface area contributed by atoms with Crippen molar-refractivity contribution in [2.24, 2.45) is 0 Å². The van der Waals surface area contributed by atoms with E-state index in [9.17, 15) is 23.3 Å². The summed E-state index contributed by atoms with van der Waals surface area (Å²) in [6.07, 6.45) is 1.47. The van der Waals surface area contributed by atoms with Crippen molar-refractivity contribution < 1.29 is 22.6 Å². The molecule has 164 valence electrons. The van der Waals surface area contributed by atoms with Gasteiger partial charge in [-0.3, -0.25) is 20.2 Å². The molecule has 4 rings (SSSR count). The number of non-ortho nitro benzene ring substituents is 1. The molecule has 0 aliphatic rings. The van der Waals surface area contributed by atoms with Crippen molar-refractivity contribution >= 4 is 48.3 Å². The Labute approximate surface area is 186 Å². The molecule has 0 fully saturated rings. The Hall–Kier alpha value is -3.61. The van der Waals surface area contributed by atoms with E-state index in [1.165, 1.54) is 55.8 Å². The van der Waals surface area contributed by atoms with Gasteiger partial charge >= 0.3 is 0 Å². The van der Waals surface area contributed by atoms with Gasteiger partial charge in [-0.1, -0.05) is 11.3 Å². The van der Waals surface area contributed by atoms with Crippen molar-refractivity contribution in [2.45, 2.75) is 11.4 Å². The summed E-state index contributed by atoms with van der Waals surface area (Å²) in [5.41, 5.74) is 0.702. The predicted molar refractivity (Wildman–Crippen MR) is 118 cm³/mol. The third kappa shape index (κ3) is 4.37. The number of nitrogens with one attached hydrogen (secondary N) is 1. The number of sulfonamides is 1. The van der Waals surface area contributed by atoms with Gasteiger partial charge in [-0.05, 0) is 42.5 Å². The standard InChI is InChI=1S/C20H16N4O6S2/c1-23(12-15-3-2-10-30-15)32(28,29)16-7-4-13(5-8-16)19(25)22-20-21-17-9-6-14(24(26)27)11-18(17)31-20/h2-11H,12H2,1H3,(H,21,22,25). The first-order valence-electron chi connectivity index (χ1n) is 9.19.